The second-order valence-electron chi connectivity index (χ2n) is 7.84. The molecular weight excluding hydrogens is 407 g/mol. The molecule has 3 rings (SSSR count). The number of nitrogens with zero attached hydrogens (tertiary/aromatic N) is 3. The molecule has 170 valence electrons. The summed E-state index contributed by atoms with van der Waals surface area (Å²) in [6.45, 7) is 2.54. The Balaban J connectivity index is 1.52. The lowest BCUT2D eigenvalue weighted by atomic mass is 9.79. The maximum Gasteiger partial charge on any atom is 0.414 e. The van der Waals surface area contributed by atoms with E-state index in [1.165, 1.54) is 19.4 Å². The third kappa shape index (κ3) is 5.74. The molecule has 31 heavy (non-hydrogen) atoms. The molecule has 2 amide bonds. The maximum absolute atomic E-state index is 14.9. The first-order valence-electron chi connectivity index (χ1n) is 10.4. The highest BCUT2D eigenvalue weighted by molar-refractivity contribution is 5.90. The minimum absolute atomic E-state index is 0.209. The van der Waals surface area contributed by atoms with Crippen LogP contribution in [0.25, 0.3) is 0 Å². The Labute approximate surface area is 180 Å². The average molecular weight is 436 g/mol. The normalized spacial score (nSPS) is 17.9. The Morgan fingerprint density at radius 2 is 1.84 bits per heavy atom. The highest BCUT2D eigenvalue weighted by atomic mass is 19.1. The number of hydrogen-bond donors (Lipinski definition) is 3. The number of alkyl carbamates (subject to hydrolysis) is 1. The molecular formula is C20H29FN6O4. The Hall–Kier alpha value is -3.11. The number of pyridine rings is 1. The first kappa shape index (κ1) is 22.6. The quantitative estimate of drug-likeness (QED) is 0.486. The van der Waals surface area contributed by atoms with Crippen LogP contribution < -0.4 is 16.0 Å². The number of methoxy groups -OCH3 is 1. The zero-order chi connectivity index (χ0) is 22.4. The van der Waals surface area contributed by atoms with Gasteiger partial charge >= 0.3 is 12.2 Å². The number of nitrogens with two attached hydrogens (primary N) is 1. The lowest BCUT2D eigenvalue weighted by Gasteiger charge is -2.40. The number of piperidine rings is 2. The molecule has 4 N–H and O–H groups in total. The molecule has 2 fully saturated rings. The van der Waals surface area contributed by atoms with Crippen molar-refractivity contribution in [1.29, 1.82) is 5.41 Å². The summed E-state index contributed by atoms with van der Waals surface area (Å²) in [4.78, 5) is 31.0. The van der Waals surface area contributed by atoms with Crippen molar-refractivity contribution in [2.45, 2.75) is 32.3 Å². The fourth-order valence-corrected chi connectivity index (χ4v) is 4.36. The van der Waals surface area contributed by atoms with E-state index in [0.717, 1.165) is 25.7 Å². The summed E-state index contributed by atoms with van der Waals surface area (Å²) in [6, 6.07) is 1.46. The highest BCUT2D eigenvalue weighted by Crippen LogP contribution is 2.34. The van der Waals surface area contributed by atoms with E-state index in [1.807, 2.05) is 10.2 Å². The molecule has 1 aromatic rings. The number of aromatic nitrogens is 1. The number of anilines is 1. The fourth-order valence-electron chi connectivity index (χ4n) is 4.36. The molecule has 2 saturated heterocycles. The van der Waals surface area contributed by atoms with Gasteiger partial charge in [0.05, 0.1) is 7.11 Å². The van der Waals surface area contributed by atoms with Crippen molar-refractivity contribution in [2.75, 3.05) is 38.2 Å². The number of carbonyl (C=O) groups excluding carboxylic acids is 2. The molecule has 3 heterocycles. The van der Waals surface area contributed by atoms with Crippen molar-refractivity contribution in [3.05, 3.63) is 23.6 Å². The minimum atomic E-state index is -0.913. The number of nitrogens with one attached hydrogen (secondary N) is 2. The molecule has 1 aromatic heterocycles. The molecule has 0 aliphatic carbocycles. The van der Waals surface area contributed by atoms with Gasteiger partial charge in [-0.2, -0.15) is 0 Å². The monoisotopic (exact) mass is 436 g/mol. The summed E-state index contributed by atoms with van der Waals surface area (Å²) in [7, 11) is 1.40. The first-order valence-corrected chi connectivity index (χ1v) is 10.4. The molecule has 11 heteroatoms. The number of rotatable bonds is 4. The summed E-state index contributed by atoms with van der Waals surface area (Å²) in [5.74, 6) is 0.302. The molecule has 0 spiro atoms. The van der Waals surface area contributed by atoms with E-state index in [-0.39, 0.29) is 24.1 Å². The van der Waals surface area contributed by atoms with Crippen LogP contribution in [-0.2, 0) is 16.1 Å². The van der Waals surface area contributed by atoms with Crippen LogP contribution in [0.15, 0.2) is 12.3 Å². The van der Waals surface area contributed by atoms with E-state index >= 15 is 0 Å². The zero-order valence-corrected chi connectivity index (χ0v) is 17.6. The van der Waals surface area contributed by atoms with Crippen molar-refractivity contribution in [3.8, 4) is 0 Å². The van der Waals surface area contributed by atoms with Gasteiger partial charge in [-0.3, -0.25) is 10.7 Å². The maximum atomic E-state index is 14.9. The number of halogens is 1. The van der Waals surface area contributed by atoms with Gasteiger partial charge in [0.2, 0.25) is 0 Å². The number of ether oxygens (including phenoxy) is 2. The van der Waals surface area contributed by atoms with Crippen LogP contribution in [0.1, 0.15) is 31.2 Å². The van der Waals surface area contributed by atoms with E-state index in [2.05, 4.69) is 4.98 Å². The van der Waals surface area contributed by atoms with Crippen LogP contribution in [-0.4, -0.2) is 61.3 Å². The van der Waals surface area contributed by atoms with Crippen LogP contribution in [0.3, 0.4) is 0 Å². The van der Waals surface area contributed by atoms with Crippen LogP contribution in [0.4, 0.5) is 19.8 Å². The van der Waals surface area contributed by atoms with Gasteiger partial charge in [0, 0.05) is 37.9 Å². The summed E-state index contributed by atoms with van der Waals surface area (Å²) in [5.41, 5.74) is 5.27. The van der Waals surface area contributed by atoms with E-state index in [9.17, 15) is 14.0 Å². The SMILES string of the molecule is COC(=O)N1CCC(C2CCN(c3nccc(COC(=O)NC(=N)N)c3F)CC2)CC1. The smallest absolute Gasteiger partial charge is 0.414 e. The number of hydrogen-bond acceptors (Lipinski definition) is 7. The largest absolute Gasteiger partial charge is 0.453 e. The van der Waals surface area contributed by atoms with Crippen LogP contribution >= 0.6 is 0 Å². The predicted octanol–water partition coefficient (Wildman–Crippen LogP) is 2.04. The molecule has 0 bridgehead atoms. The summed E-state index contributed by atoms with van der Waals surface area (Å²) in [6.07, 6.45) is 4.11. The molecule has 0 radical (unpaired) electrons. The number of guanidine groups is 1. The molecule has 10 nitrogen and oxygen atoms in total. The van der Waals surface area contributed by atoms with Gasteiger partial charge < -0.3 is 25.0 Å². The van der Waals surface area contributed by atoms with Crippen LogP contribution in [0, 0.1) is 23.1 Å². The summed E-state index contributed by atoms with van der Waals surface area (Å²) < 4.78 is 24.6. The predicted molar refractivity (Wildman–Crippen MR) is 111 cm³/mol. The lowest BCUT2D eigenvalue weighted by Crippen LogP contribution is -2.43. The minimum Gasteiger partial charge on any atom is -0.453 e. The van der Waals surface area contributed by atoms with Crippen LogP contribution in [0.5, 0.6) is 0 Å². The topological polar surface area (TPSA) is 134 Å². The van der Waals surface area contributed by atoms with E-state index < -0.39 is 17.9 Å². The van der Waals surface area contributed by atoms with E-state index in [4.69, 9.17) is 20.6 Å². The molecule has 0 atom stereocenters. The summed E-state index contributed by atoms with van der Waals surface area (Å²) in [5, 5.41) is 8.98. The molecule has 0 saturated carbocycles. The Morgan fingerprint density at radius 1 is 1.23 bits per heavy atom. The van der Waals surface area contributed by atoms with Gasteiger partial charge in [-0.1, -0.05) is 0 Å². The number of carbonyl (C=O) groups is 2. The Kier molecular flexibility index (Phi) is 7.48. The third-order valence-corrected chi connectivity index (χ3v) is 6.02. The van der Waals surface area contributed by atoms with Gasteiger partial charge in [-0.25, -0.2) is 19.0 Å². The number of amides is 2. The molecule has 2 aliphatic heterocycles. The third-order valence-electron chi connectivity index (χ3n) is 6.02. The Morgan fingerprint density at radius 3 is 2.42 bits per heavy atom. The van der Waals surface area contributed by atoms with Crippen molar-refractivity contribution < 1.29 is 23.5 Å². The van der Waals surface area contributed by atoms with Crippen LogP contribution in [0.2, 0.25) is 0 Å². The second-order valence-corrected chi connectivity index (χ2v) is 7.84. The molecule has 0 aromatic carbocycles. The van der Waals surface area contributed by atoms with Gasteiger partial charge in [-0.05, 0) is 43.6 Å². The van der Waals surface area contributed by atoms with Gasteiger partial charge in [-0.15, -0.1) is 0 Å². The number of likely N-dealkylation sites (tertiary alicyclic amines) is 1. The molecule has 2 aliphatic rings. The van der Waals surface area contributed by atoms with Gasteiger partial charge in [0.15, 0.2) is 17.6 Å². The van der Waals surface area contributed by atoms with Crippen molar-refractivity contribution in [1.82, 2.24) is 15.2 Å². The average Bonchev–Trinajstić information content (AvgIpc) is 2.77. The van der Waals surface area contributed by atoms with E-state index in [0.29, 0.717) is 38.0 Å². The molecule has 0 unspecified atom stereocenters. The zero-order valence-electron chi connectivity index (χ0n) is 17.6. The Bertz CT molecular complexity index is 807. The van der Waals surface area contributed by atoms with Crippen molar-refractivity contribution in [2.24, 2.45) is 17.6 Å². The standard InChI is InChI=1S/C20H29FN6O4/c1-30-20(29)27-10-5-14(6-11-27)13-3-8-26(9-4-13)17-16(21)15(2-7-24-17)12-31-19(28)25-18(22)23/h2,7,13-14H,3-6,8-12H2,1H3,(H4,22,23,25,28). The van der Waals surface area contributed by atoms with Gasteiger partial charge in [0.1, 0.15) is 6.61 Å². The van der Waals surface area contributed by atoms with Crippen molar-refractivity contribution >= 4 is 24.0 Å². The fraction of sp³-hybridized carbons (Fsp3) is 0.600. The summed E-state index contributed by atoms with van der Waals surface area (Å²) >= 11 is 0. The van der Waals surface area contributed by atoms with Gasteiger partial charge in [0.25, 0.3) is 0 Å². The highest BCUT2D eigenvalue weighted by Gasteiger charge is 2.32. The second kappa shape index (κ2) is 10.3. The van der Waals surface area contributed by atoms with E-state index in [1.54, 1.807) is 4.90 Å². The first-order chi connectivity index (χ1) is 14.9. The lowest BCUT2D eigenvalue weighted by molar-refractivity contribution is 0.0927. The van der Waals surface area contributed by atoms with Crippen molar-refractivity contribution in [3.63, 3.8) is 0 Å².